The SMILES string of the molecule is COC1=Cc2nc(Cl)nc(Cl)c2CC1(C)OC. The molecule has 1 atom stereocenters. The van der Waals surface area contributed by atoms with Gasteiger partial charge in [-0.2, -0.15) is 0 Å². The third-order valence-corrected chi connectivity index (χ3v) is 3.42. The number of ether oxygens (including phenoxy) is 2. The highest BCUT2D eigenvalue weighted by Crippen LogP contribution is 2.36. The lowest BCUT2D eigenvalue weighted by Crippen LogP contribution is -2.36. The maximum atomic E-state index is 6.06. The molecule has 1 aromatic heterocycles. The lowest BCUT2D eigenvalue weighted by Gasteiger charge is -2.33. The first-order valence-electron chi connectivity index (χ1n) is 5.03. The van der Waals surface area contributed by atoms with Crippen molar-refractivity contribution in [1.82, 2.24) is 9.97 Å². The smallest absolute Gasteiger partial charge is 0.224 e. The van der Waals surface area contributed by atoms with E-state index in [1.165, 1.54) is 0 Å². The molecule has 1 aliphatic carbocycles. The zero-order valence-corrected chi connectivity index (χ0v) is 11.3. The van der Waals surface area contributed by atoms with Crippen molar-refractivity contribution in [1.29, 1.82) is 0 Å². The largest absolute Gasteiger partial charge is 0.498 e. The summed E-state index contributed by atoms with van der Waals surface area (Å²) >= 11 is 11.8. The standard InChI is InChI=1S/C11H12Cl2N2O2/c1-11(17-3)5-6-7(4-8(11)16-2)14-10(13)15-9(6)12/h4H,5H2,1-3H3. The highest BCUT2D eigenvalue weighted by molar-refractivity contribution is 6.32. The Morgan fingerprint density at radius 2 is 2.00 bits per heavy atom. The van der Waals surface area contributed by atoms with Crippen LogP contribution in [-0.2, 0) is 15.9 Å². The van der Waals surface area contributed by atoms with Gasteiger partial charge in [0.15, 0.2) is 0 Å². The number of halogens is 2. The first kappa shape index (κ1) is 12.6. The van der Waals surface area contributed by atoms with E-state index in [1.807, 2.05) is 6.92 Å². The van der Waals surface area contributed by atoms with E-state index in [0.29, 0.717) is 23.0 Å². The summed E-state index contributed by atoms with van der Waals surface area (Å²) in [6.07, 6.45) is 2.33. The van der Waals surface area contributed by atoms with Crippen LogP contribution in [0, 0.1) is 0 Å². The lowest BCUT2D eigenvalue weighted by molar-refractivity contribution is -0.00439. The van der Waals surface area contributed by atoms with Gasteiger partial charge in [-0.1, -0.05) is 11.6 Å². The van der Waals surface area contributed by atoms with Crippen molar-refractivity contribution in [2.24, 2.45) is 0 Å². The van der Waals surface area contributed by atoms with Crippen molar-refractivity contribution < 1.29 is 9.47 Å². The molecule has 1 aliphatic rings. The van der Waals surface area contributed by atoms with Gasteiger partial charge >= 0.3 is 0 Å². The third-order valence-electron chi connectivity index (χ3n) is 2.93. The van der Waals surface area contributed by atoms with Crippen LogP contribution in [0.3, 0.4) is 0 Å². The first-order valence-corrected chi connectivity index (χ1v) is 5.79. The Hall–Kier alpha value is -0.840. The summed E-state index contributed by atoms with van der Waals surface area (Å²) in [5.74, 6) is 0.693. The summed E-state index contributed by atoms with van der Waals surface area (Å²) in [6, 6.07) is 0. The number of rotatable bonds is 2. The molecule has 0 radical (unpaired) electrons. The molecule has 0 fully saturated rings. The van der Waals surface area contributed by atoms with Gasteiger partial charge in [-0.3, -0.25) is 0 Å². The Balaban J connectivity index is 2.59. The average molecular weight is 275 g/mol. The zero-order chi connectivity index (χ0) is 12.6. The second kappa shape index (κ2) is 4.44. The van der Waals surface area contributed by atoms with Crippen LogP contribution in [0.5, 0.6) is 0 Å². The van der Waals surface area contributed by atoms with Crippen molar-refractivity contribution in [3.05, 3.63) is 27.5 Å². The van der Waals surface area contributed by atoms with Crippen molar-refractivity contribution in [2.45, 2.75) is 18.9 Å². The molecule has 2 rings (SSSR count). The number of hydrogen-bond donors (Lipinski definition) is 0. The van der Waals surface area contributed by atoms with Gasteiger partial charge in [0.1, 0.15) is 16.5 Å². The second-order valence-corrected chi connectivity index (χ2v) is 4.67. The van der Waals surface area contributed by atoms with Gasteiger partial charge in [0.05, 0.1) is 12.8 Å². The molecule has 0 saturated heterocycles. The summed E-state index contributed by atoms with van der Waals surface area (Å²) < 4.78 is 10.8. The molecule has 6 heteroatoms. The molecule has 0 bridgehead atoms. The monoisotopic (exact) mass is 274 g/mol. The van der Waals surface area contributed by atoms with Crippen molar-refractivity contribution in [2.75, 3.05) is 14.2 Å². The Labute approximate surface area is 110 Å². The van der Waals surface area contributed by atoms with Gasteiger partial charge in [-0.15, -0.1) is 0 Å². The molecular weight excluding hydrogens is 263 g/mol. The maximum absolute atomic E-state index is 6.06. The van der Waals surface area contributed by atoms with Crippen LogP contribution >= 0.6 is 23.2 Å². The quantitative estimate of drug-likeness (QED) is 0.615. The molecule has 92 valence electrons. The number of nitrogens with zero attached hydrogens (tertiary/aromatic N) is 2. The molecule has 4 nitrogen and oxygen atoms in total. The summed E-state index contributed by atoms with van der Waals surface area (Å²) in [4.78, 5) is 8.06. The molecule has 0 aromatic carbocycles. The predicted octanol–water partition coefficient (Wildman–Crippen LogP) is 2.73. The van der Waals surface area contributed by atoms with E-state index in [9.17, 15) is 0 Å². The molecular formula is C11H12Cl2N2O2. The van der Waals surface area contributed by atoms with Crippen LogP contribution in [0.2, 0.25) is 10.4 Å². The molecule has 0 spiro atoms. The molecule has 17 heavy (non-hydrogen) atoms. The minimum Gasteiger partial charge on any atom is -0.498 e. The van der Waals surface area contributed by atoms with E-state index in [1.54, 1.807) is 20.3 Å². The van der Waals surface area contributed by atoms with Gasteiger partial charge in [0.2, 0.25) is 5.28 Å². The number of aromatic nitrogens is 2. The predicted molar refractivity (Wildman–Crippen MR) is 66.2 cm³/mol. The number of methoxy groups -OCH3 is 2. The minimum atomic E-state index is -0.553. The first-order chi connectivity index (χ1) is 8.00. The van der Waals surface area contributed by atoms with Crippen LogP contribution in [-0.4, -0.2) is 29.8 Å². The lowest BCUT2D eigenvalue weighted by atomic mass is 9.88. The molecule has 0 amide bonds. The zero-order valence-electron chi connectivity index (χ0n) is 9.75. The number of hydrogen-bond acceptors (Lipinski definition) is 4. The fraction of sp³-hybridized carbons (Fsp3) is 0.455. The van der Waals surface area contributed by atoms with Gasteiger partial charge in [-0.05, 0) is 18.5 Å². The van der Waals surface area contributed by atoms with E-state index in [0.717, 1.165) is 5.56 Å². The molecule has 1 unspecified atom stereocenters. The average Bonchev–Trinajstić information content (AvgIpc) is 2.29. The summed E-state index contributed by atoms with van der Waals surface area (Å²) in [6.45, 7) is 1.93. The van der Waals surface area contributed by atoms with Gasteiger partial charge in [-0.25, -0.2) is 9.97 Å². The minimum absolute atomic E-state index is 0.126. The van der Waals surface area contributed by atoms with E-state index < -0.39 is 5.60 Å². The van der Waals surface area contributed by atoms with Crippen molar-refractivity contribution in [3.8, 4) is 0 Å². The normalized spacial score (nSPS) is 23.0. The Bertz CT molecular complexity index is 491. The summed E-state index contributed by atoms with van der Waals surface area (Å²) in [5, 5.41) is 0.483. The fourth-order valence-electron chi connectivity index (χ4n) is 1.88. The fourth-order valence-corrected chi connectivity index (χ4v) is 2.34. The van der Waals surface area contributed by atoms with E-state index >= 15 is 0 Å². The Morgan fingerprint density at radius 3 is 2.59 bits per heavy atom. The van der Waals surface area contributed by atoms with E-state index in [4.69, 9.17) is 32.7 Å². The number of fused-ring (bicyclic) bond motifs is 1. The topological polar surface area (TPSA) is 44.2 Å². The Kier molecular flexibility index (Phi) is 3.30. The molecule has 0 saturated carbocycles. The van der Waals surface area contributed by atoms with Crippen molar-refractivity contribution in [3.63, 3.8) is 0 Å². The third kappa shape index (κ3) is 2.12. The van der Waals surface area contributed by atoms with Gasteiger partial charge in [0, 0.05) is 25.2 Å². The molecule has 1 heterocycles. The maximum Gasteiger partial charge on any atom is 0.224 e. The molecule has 1 aromatic rings. The van der Waals surface area contributed by atoms with Crippen LogP contribution in [0.15, 0.2) is 5.76 Å². The van der Waals surface area contributed by atoms with Gasteiger partial charge in [0.25, 0.3) is 0 Å². The van der Waals surface area contributed by atoms with Crippen LogP contribution in [0.25, 0.3) is 6.08 Å². The summed E-state index contributed by atoms with van der Waals surface area (Å²) in [5.41, 5.74) is 0.949. The van der Waals surface area contributed by atoms with Crippen LogP contribution < -0.4 is 0 Å². The van der Waals surface area contributed by atoms with E-state index in [2.05, 4.69) is 9.97 Å². The van der Waals surface area contributed by atoms with Gasteiger partial charge < -0.3 is 9.47 Å². The second-order valence-electron chi connectivity index (χ2n) is 3.97. The van der Waals surface area contributed by atoms with E-state index in [-0.39, 0.29) is 5.28 Å². The summed E-state index contributed by atoms with van der Waals surface area (Å²) in [7, 11) is 3.22. The molecule has 0 N–H and O–H groups in total. The Morgan fingerprint density at radius 1 is 1.29 bits per heavy atom. The highest BCUT2D eigenvalue weighted by atomic mass is 35.5. The highest BCUT2D eigenvalue weighted by Gasteiger charge is 2.36. The molecule has 0 aliphatic heterocycles. The van der Waals surface area contributed by atoms with Crippen molar-refractivity contribution >= 4 is 29.3 Å². The van der Waals surface area contributed by atoms with Crippen LogP contribution in [0.4, 0.5) is 0 Å². The van der Waals surface area contributed by atoms with Crippen LogP contribution in [0.1, 0.15) is 18.2 Å².